The highest BCUT2D eigenvalue weighted by Gasteiger charge is 2.40. The van der Waals surface area contributed by atoms with Crippen molar-refractivity contribution in [1.29, 1.82) is 0 Å². The predicted molar refractivity (Wildman–Crippen MR) is 158 cm³/mol. The molecule has 39 heavy (non-hydrogen) atoms. The SMILES string of the molecule is c1ccc(-n2ccc3cc4c(cc32)Oc2cccc3c2B4c2cc4ccn(-c5ccccc5)c4cc2O3)cc1. The van der Waals surface area contributed by atoms with E-state index in [1.165, 1.54) is 21.7 Å². The van der Waals surface area contributed by atoms with E-state index in [-0.39, 0.29) is 6.71 Å². The largest absolute Gasteiger partial charge is 0.458 e. The third kappa shape index (κ3) is 2.95. The number of benzene rings is 5. The molecule has 0 spiro atoms. The molecule has 2 aliphatic heterocycles. The average Bonchev–Trinajstić information content (AvgIpc) is 3.59. The fourth-order valence-electron chi connectivity index (χ4n) is 6.32. The second-order valence-corrected chi connectivity index (χ2v) is 10.2. The Labute approximate surface area is 225 Å². The molecule has 0 aliphatic carbocycles. The Morgan fingerprint density at radius 3 is 1.44 bits per heavy atom. The van der Waals surface area contributed by atoms with Gasteiger partial charge in [0.2, 0.25) is 0 Å². The molecule has 0 radical (unpaired) electrons. The van der Waals surface area contributed by atoms with Gasteiger partial charge in [-0.05, 0) is 70.2 Å². The summed E-state index contributed by atoms with van der Waals surface area (Å²) >= 11 is 0. The molecule has 182 valence electrons. The zero-order valence-electron chi connectivity index (χ0n) is 20.9. The summed E-state index contributed by atoms with van der Waals surface area (Å²) in [7, 11) is 0. The highest BCUT2D eigenvalue weighted by atomic mass is 16.5. The minimum Gasteiger partial charge on any atom is -0.458 e. The van der Waals surface area contributed by atoms with Crippen molar-refractivity contribution < 1.29 is 9.47 Å². The molecule has 9 rings (SSSR count). The van der Waals surface area contributed by atoms with Gasteiger partial charge >= 0.3 is 0 Å². The molecular weight excluding hydrogens is 479 g/mol. The summed E-state index contributed by atoms with van der Waals surface area (Å²) in [5, 5.41) is 2.37. The van der Waals surface area contributed by atoms with Gasteiger partial charge in [0.05, 0.1) is 11.0 Å². The van der Waals surface area contributed by atoms with E-state index < -0.39 is 0 Å². The summed E-state index contributed by atoms with van der Waals surface area (Å²) in [6, 6.07) is 40.3. The van der Waals surface area contributed by atoms with Crippen LogP contribution in [0.25, 0.3) is 33.2 Å². The number of fused-ring (bicyclic) bond motifs is 6. The molecule has 4 nitrogen and oxygen atoms in total. The molecule has 0 fully saturated rings. The van der Waals surface area contributed by atoms with Gasteiger partial charge in [-0.3, -0.25) is 0 Å². The molecule has 2 aromatic heterocycles. The fraction of sp³-hybridized carbons (Fsp3) is 0. The van der Waals surface area contributed by atoms with E-state index in [0.29, 0.717) is 0 Å². The molecular formula is C34H21BN2O2. The molecule has 0 saturated carbocycles. The summed E-state index contributed by atoms with van der Waals surface area (Å²) in [5.41, 5.74) is 7.95. The zero-order valence-corrected chi connectivity index (χ0v) is 20.9. The summed E-state index contributed by atoms with van der Waals surface area (Å²) in [4.78, 5) is 0. The van der Waals surface area contributed by atoms with E-state index in [1.54, 1.807) is 0 Å². The summed E-state index contributed by atoms with van der Waals surface area (Å²) in [6.07, 6.45) is 4.27. The van der Waals surface area contributed by atoms with Crippen molar-refractivity contribution in [3.05, 3.63) is 128 Å². The van der Waals surface area contributed by atoms with Crippen LogP contribution in [-0.2, 0) is 0 Å². The number of nitrogens with zero attached hydrogens (tertiary/aromatic N) is 2. The number of rotatable bonds is 2. The standard InChI is InChI=1S/C34H21BN2O2/c1-3-8-24(9-4-1)36-16-14-22-18-26-32(20-28(22)36)38-30-12-7-13-31-34(30)35(26)27-19-23-15-17-37(25-10-5-2-6-11-25)29(23)21-33(27)39-31/h1-21H. The van der Waals surface area contributed by atoms with Crippen LogP contribution in [0.15, 0.2) is 128 Å². The molecule has 7 aromatic rings. The third-order valence-electron chi connectivity index (χ3n) is 8.09. The molecule has 2 aliphatic rings. The van der Waals surface area contributed by atoms with Gasteiger partial charge < -0.3 is 18.6 Å². The smallest absolute Gasteiger partial charge is 0.260 e. The second-order valence-electron chi connectivity index (χ2n) is 10.2. The van der Waals surface area contributed by atoms with Gasteiger partial charge in [-0.2, -0.15) is 0 Å². The minimum atomic E-state index is 0.0256. The van der Waals surface area contributed by atoms with Crippen molar-refractivity contribution in [2.45, 2.75) is 0 Å². The van der Waals surface area contributed by atoms with Gasteiger partial charge in [-0.1, -0.05) is 54.6 Å². The Kier molecular flexibility index (Phi) is 4.11. The predicted octanol–water partition coefficient (Wildman–Crippen LogP) is 6.30. The maximum absolute atomic E-state index is 6.56. The molecule has 0 atom stereocenters. The summed E-state index contributed by atoms with van der Waals surface area (Å²) in [6.45, 7) is 0.0256. The van der Waals surface area contributed by atoms with Crippen molar-refractivity contribution in [1.82, 2.24) is 9.13 Å². The van der Waals surface area contributed by atoms with Crippen LogP contribution in [0.2, 0.25) is 0 Å². The van der Waals surface area contributed by atoms with Crippen LogP contribution in [0.1, 0.15) is 0 Å². The first-order valence-corrected chi connectivity index (χ1v) is 13.2. The van der Waals surface area contributed by atoms with Crippen LogP contribution in [0.4, 0.5) is 0 Å². The average molecular weight is 500 g/mol. The van der Waals surface area contributed by atoms with Crippen molar-refractivity contribution in [3.63, 3.8) is 0 Å². The van der Waals surface area contributed by atoms with Crippen molar-refractivity contribution in [2.24, 2.45) is 0 Å². The van der Waals surface area contributed by atoms with Crippen LogP contribution in [0, 0.1) is 0 Å². The maximum Gasteiger partial charge on any atom is 0.260 e. The van der Waals surface area contributed by atoms with Crippen molar-refractivity contribution in [3.8, 4) is 34.4 Å². The lowest BCUT2D eigenvalue weighted by atomic mass is 9.34. The van der Waals surface area contributed by atoms with E-state index in [2.05, 4.69) is 106 Å². The second kappa shape index (κ2) is 7.68. The van der Waals surface area contributed by atoms with E-state index in [0.717, 1.165) is 50.9 Å². The van der Waals surface area contributed by atoms with Gasteiger partial charge in [0.15, 0.2) is 0 Å². The summed E-state index contributed by atoms with van der Waals surface area (Å²) < 4.78 is 17.6. The zero-order chi connectivity index (χ0) is 25.5. The van der Waals surface area contributed by atoms with E-state index in [4.69, 9.17) is 9.47 Å². The first kappa shape index (κ1) is 20.9. The van der Waals surface area contributed by atoms with Gasteiger partial charge in [0.25, 0.3) is 6.71 Å². The minimum absolute atomic E-state index is 0.0256. The first-order valence-electron chi connectivity index (χ1n) is 13.2. The maximum atomic E-state index is 6.56. The summed E-state index contributed by atoms with van der Waals surface area (Å²) in [5.74, 6) is 3.50. The Morgan fingerprint density at radius 2 is 0.949 bits per heavy atom. The molecule has 4 heterocycles. The Balaban J connectivity index is 1.27. The third-order valence-corrected chi connectivity index (χ3v) is 8.09. The van der Waals surface area contributed by atoms with Crippen LogP contribution in [0.5, 0.6) is 23.0 Å². The normalized spacial score (nSPS) is 13.0. The molecule has 0 unspecified atom stereocenters. The number of hydrogen-bond acceptors (Lipinski definition) is 2. The lowest BCUT2D eigenvalue weighted by molar-refractivity contribution is 0.465. The van der Waals surface area contributed by atoms with Gasteiger partial charge in [0.1, 0.15) is 23.0 Å². The number of aromatic nitrogens is 2. The fourth-order valence-corrected chi connectivity index (χ4v) is 6.32. The number of para-hydroxylation sites is 2. The Hall–Kier alpha value is -5.16. The Bertz CT molecular complexity index is 1930. The molecule has 5 heteroatoms. The first-order chi connectivity index (χ1) is 19.3. The van der Waals surface area contributed by atoms with E-state index >= 15 is 0 Å². The quantitative estimate of drug-likeness (QED) is 0.261. The van der Waals surface area contributed by atoms with E-state index in [9.17, 15) is 0 Å². The number of hydrogen-bond donors (Lipinski definition) is 0. The van der Waals surface area contributed by atoms with E-state index in [1.807, 2.05) is 30.3 Å². The molecule has 0 bridgehead atoms. The van der Waals surface area contributed by atoms with Crippen molar-refractivity contribution in [2.75, 3.05) is 0 Å². The molecule has 0 saturated heterocycles. The highest BCUT2D eigenvalue weighted by Crippen LogP contribution is 2.37. The van der Waals surface area contributed by atoms with Gasteiger partial charge in [-0.15, -0.1) is 0 Å². The van der Waals surface area contributed by atoms with Gasteiger partial charge in [0, 0.05) is 41.4 Å². The monoisotopic (exact) mass is 500 g/mol. The lowest BCUT2D eigenvalue weighted by Crippen LogP contribution is -2.57. The van der Waals surface area contributed by atoms with Crippen molar-refractivity contribution >= 4 is 44.9 Å². The molecule has 5 aromatic carbocycles. The van der Waals surface area contributed by atoms with Crippen LogP contribution in [-0.4, -0.2) is 15.8 Å². The molecule has 0 amide bonds. The topological polar surface area (TPSA) is 28.3 Å². The van der Waals surface area contributed by atoms with Gasteiger partial charge in [-0.25, -0.2) is 0 Å². The van der Waals surface area contributed by atoms with Crippen LogP contribution < -0.4 is 25.9 Å². The highest BCUT2D eigenvalue weighted by molar-refractivity contribution is 6.98. The lowest BCUT2D eigenvalue weighted by Gasteiger charge is -2.33. The molecule has 0 N–H and O–H groups in total. The Morgan fingerprint density at radius 1 is 0.462 bits per heavy atom. The van der Waals surface area contributed by atoms with Crippen LogP contribution in [0.3, 0.4) is 0 Å². The number of ether oxygens (including phenoxy) is 2. The van der Waals surface area contributed by atoms with Crippen LogP contribution >= 0.6 is 0 Å².